The molecule has 1 fully saturated rings. The van der Waals surface area contributed by atoms with Gasteiger partial charge in [0.1, 0.15) is 5.25 Å². The quantitative estimate of drug-likeness (QED) is 0.692. The summed E-state index contributed by atoms with van der Waals surface area (Å²) in [6.45, 7) is 3.95. The topological polar surface area (TPSA) is 53.8 Å². The predicted octanol–water partition coefficient (Wildman–Crippen LogP) is 3.68. The van der Waals surface area contributed by atoms with Crippen molar-refractivity contribution in [3.63, 3.8) is 0 Å². The number of thioether (sulfide) groups is 1. The van der Waals surface area contributed by atoms with Crippen LogP contribution in [-0.4, -0.2) is 16.8 Å². The molecule has 1 saturated heterocycles. The maximum absolute atomic E-state index is 12.1. The molecule has 2 aromatic rings. The van der Waals surface area contributed by atoms with Gasteiger partial charge in [-0.3, -0.25) is 4.79 Å². The van der Waals surface area contributed by atoms with Crippen LogP contribution in [0.5, 0.6) is 0 Å². The van der Waals surface area contributed by atoms with Gasteiger partial charge in [0.15, 0.2) is 5.17 Å². The lowest BCUT2D eigenvalue weighted by atomic mass is 10.1. The van der Waals surface area contributed by atoms with Crippen LogP contribution in [0.2, 0.25) is 0 Å². The number of amides is 1. The Hall–Kier alpha value is -2.40. The number of rotatable bonds is 3. The van der Waals surface area contributed by atoms with Crippen LogP contribution in [0.25, 0.3) is 0 Å². The lowest BCUT2D eigenvalue weighted by Gasteiger charge is -2.03. The molecule has 0 aromatic heterocycles. The molecule has 1 aliphatic rings. The molecule has 0 saturated carbocycles. The summed E-state index contributed by atoms with van der Waals surface area (Å²) in [5, 5.41) is 11.5. The molecule has 0 radical (unpaired) electrons. The minimum atomic E-state index is -0.259. The Morgan fingerprint density at radius 3 is 2.48 bits per heavy atom. The molecule has 1 atom stereocenters. The summed E-state index contributed by atoms with van der Waals surface area (Å²) in [4.78, 5) is 12.1. The van der Waals surface area contributed by atoms with E-state index in [9.17, 15) is 4.79 Å². The normalized spacial score (nSPS) is 19.9. The van der Waals surface area contributed by atoms with Gasteiger partial charge in [0, 0.05) is 0 Å². The monoisotopic (exact) mass is 323 g/mol. The molecule has 2 aromatic carbocycles. The maximum Gasteiger partial charge on any atom is 0.244 e. The van der Waals surface area contributed by atoms with Crippen molar-refractivity contribution >= 4 is 28.5 Å². The van der Waals surface area contributed by atoms with Gasteiger partial charge in [-0.1, -0.05) is 71.9 Å². The second-order valence-electron chi connectivity index (χ2n) is 5.35. The second kappa shape index (κ2) is 6.79. The first-order chi connectivity index (χ1) is 11.1. The largest absolute Gasteiger partial charge is 0.302 e. The average Bonchev–Trinajstić information content (AvgIpc) is 2.95. The molecule has 3 rings (SSSR count). The van der Waals surface area contributed by atoms with Gasteiger partial charge in [0.2, 0.25) is 5.91 Å². The predicted molar refractivity (Wildman–Crippen MR) is 95.7 cm³/mol. The number of amidine groups is 1. The molecule has 23 heavy (non-hydrogen) atoms. The summed E-state index contributed by atoms with van der Waals surface area (Å²) in [6, 6.07) is 17.8. The first-order valence-corrected chi connectivity index (χ1v) is 8.23. The summed E-state index contributed by atoms with van der Waals surface area (Å²) in [5.41, 5.74) is 4.01. The van der Waals surface area contributed by atoms with E-state index in [-0.39, 0.29) is 11.2 Å². The Morgan fingerprint density at radius 1 is 1.09 bits per heavy atom. The van der Waals surface area contributed by atoms with Crippen LogP contribution in [-0.2, 0) is 4.79 Å². The van der Waals surface area contributed by atoms with Crippen molar-refractivity contribution in [3.8, 4) is 0 Å². The zero-order valence-electron chi connectivity index (χ0n) is 13.0. The van der Waals surface area contributed by atoms with E-state index in [0.717, 1.165) is 16.8 Å². The second-order valence-corrected chi connectivity index (χ2v) is 6.45. The van der Waals surface area contributed by atoms with Gasteiger partial charge in [0.05, 0.1) is 5.71 Å². The molecular formula is C18H17N3OS. The highest BCUT2D eigenvalue weighted by molar-refractivity contribution is 8.15. The molecule has 0 aliphatic carbocycles. The fraction of sp³-hybridized carbons (Fsp3) is 0.167. The van der Waals surface area contributed by atoms with Crippen molar-refractivity contribution in [3.05, 3.63) is 71.3 Å². The Balaban J connectivity index is 1.75. The third-order valence-electron chi connectivity index (χ3n) is 3.56. The fourth-order valence-electron chi connectivity index (χ4n) is 2.23. The third kappa shape index (κ3) is 3.68. The molecule has 0 bridgehead atoms. The number of hydrogen-bond donors (Lipinski definition) is 1. The Morgan fingerprint density at radius 2 is 1.78 bits per heavy atom. The SMILES string of the molecule is C/C(=N/N=C1/NC(=O)[C@@H](c2ccccc2)S1)c1ccc(C)cc1. The lowest BCUT2D eigenvalue weighted by molar-refractivity contribution is -0.118. The number of nitrogens with one attached hydrogen (secondary N) is 1. The molecule has 0 spiro atoms. The van der Waals surface area contributed by atoms with Crippen molar-refractivity contribution < 1.29 is 4.79 Å². The Labute approximate surface area is 139 Å². The first-order valence-electron chi connectivity index (χ1n) is 7.35. The molecule has 0 unspecified atom stereocenters. The van der Waals surface area contributed by atoms with Crippen molar-refractivity contribution in [1.82, 2.24) is 5.32 Å². The van der Waals surface area contributed by atoms with E-state index < -0.39 is 0 Å². The summed E-state index contributed by atoms with van der Waals surface area (Å²) < 4.78 is 0. The average molecular weight is 323 g/mol. The van der Waals surface area contributed by atoms with Crippen LogP contribution in [0.4, 0.5) is 0 Å². The lowest BCUT2D eigenvalue weighted by Crippen LogP contribution is -2.21. The summed E-state index contributed by atoms with van der Waals surface area (Å²) >= 11 is 1.39. The van der Waals surface area contributed by atoms with Gasteiger partial charge in [0.25, 0.3) is 0 Å². The molecule has 1 N–H and O–H groups in total. The maximum atomic E-state index is 12.1. The van der Waals surface area contributed by atoms with Crippen molar-refractivity contribution in [2.45, 2.75) is 19.1 Å². The van der Waals surface area contributed by atoms with Crippen LogP contribution < -0.4 is 5.32 Å². The number of nitrogens with zero attached hydrogens (tertiary/aromatic N) is 2. The van der Waals surface area contributed by atoms with E-state index in [1.165, 1.54) is 17.3 Å². The molecule has 116 valence electrons. The van der Waals surface area contributed by atoms with Gasteiger partial charge in [-0.15, -0.1) is 5.10 Å². The number of carbonyl (C=O) groups is 1. The smallest absolute Gasteiger partial charge is 0.244 e. The highest BCUT2D eigenvalue weighted by Gasteiger charge is 2.31. The Kier molecular flexibility index (Phi) is 4.57. The van der Waals surface area contributed by atoms with Gasteiger partial charge in [-0.2, -0.15) is 5.10 Å². The minimum absolute atomic E-state index is 0.0526. The Bertz CT molecular complexity index is 767. The number of hydrogen-bond acceptors (Lipinski definition) is 4. The fourth-order valence-corrected chi connectivity index (χ4v) is 3.16. The third-order valence-corrected chi connectivity index (χ3v) is 4.69. The highest BCUT2D eigenvalue weighted by atomic mass is 32.2. The van der Waals surface area contributed by atoms with E-state index in [4.69, 9.17) is 0 Å². The standard InChI is InChI=1S/C18H17N3OS/c1-12-8-10-14(11-9-12)13(2)20-21-18-19-17(22)16(23-18)15-6-4-3-5-7-15/h3-11,16H,1-2H3,(H,19,21,22)/b20-13-/t16-/m1/s1. The van der Waals surface area contributed by atoms with Crippen LogP contribution in [0, 0.1) is 6.92 Å². The van der Waals surface area contributed by atoms with Crippen molar-refractivity contribution in [1.29, 1.82) is 0 Å². The van der Waals surface area contributed by atoms with Crippen molar-refractivity contribution in [2.75, 3.05) is 0 Å². The van der Waals surface area contributed by atoms with Crippen LogP contribution in [0.3, 0.4) is 0 Å². The number of benzene rings is 2. The van der Waals surface area contributed by atoms with E-state index in [2.05, 4.69) is 15.5 Å². The van der Waals surface area contributed by atoms with Crippen LogP contribution >= 0.6 is 11.8 Å². The van der Waals surface area contributed by atoms with E-state index >= 15 is 0 Å². The van der Waals surface area contributed by atoms with Crippen molar-refractivity contribution in [2.24, 2.45) is 10.2 Å². The van der Waals surface area contributed by atoms with Gasteiger partial charge in [-0.25, -0.2) is 0 Å². The van der Waals surface area contributed by atoms with Crippen LogP contribution in [0.1, 0.15) is 28.9 Å². The van der Waals surface area contributed by atoms with Gasteiger partial charge >= 0.3 is 0 Å². The molecule has 1 heterocycles. The summed E-state index contributed by atoms with van der Waals surface area (Å²) in [7, 11) is 0. The zero-order valence-corrected chi connectivity index (χ0v) is 13.8. The zero-order chi connectivity index (χ0) is 16.2. The first kappa shape index (κ1) is 15.5. The van der Waals surface area contributed by atoms with E-state index in [1.54, 1.807) is 0 Å². The molecule has 1 aliphatic heterocycles. The number of aryl methyl sites for hydroxylation is 1. The number of carbonyl (C=O) groups excluding carboxylic acids is 1. The van der Waals surface area contributed by atoms with Gasteiger partial charge < -0.3 is 5.32 Å². The molecule has 5 heteroatoms. The molecule has 1 amide bonds. The van der Waals surface area contributed by atoms with E-state index in [1.807, 2.05) is 68.4 Å². The van der Waals surface area contributed by atoms with Crippen LogP contribution in [0.15, 0.2) is 64.8 Å². The summed E-state index contributed by atoms with van der Waals surface area (Å²) in [5.74, 6) is -0.0526. The summed E-state index contributed by atoms with van der Waals surface area (Å²) in [6.07, 6.45) is 0. The van der Waals surface area contributed by atoms with Gasteiger partial charge in [-0.05, 0) is 25.0 Å². The van der Waals surface area contributed by atoms with E-state index in [0.29, 0.717) is 5.17 Å². The highest BCUT2D eigenvalue weighted by Crippen LogP contribution is 2.34. The minimum Gasteiger partial charge on any atom is -0.302 e. The molecule has 4 nitrogen and oxygen atoms in total. The molecular weight excluding hydrogens is 306 g/mol.